The monoisotopic (exact) mass is 113 g/mol. The molecule has 3 heteroatoms. The molecular weight excluding hydrogens is 102 g/mol. The largest absolute Gasteiger partial charge is 0.323 e. The van der Waals surface area contributed by atoms with E-state index in [4.69, 9.17) is 11.3 Å². The van der Waals surface area contributed by atoms with Gasteiger partial charge in [-0.15, -0.1) is 0 Å². The zero-order valence-electron chi connectivity index (χ0n) is 5.18. The maximum atomic E-state index is 6.75. The molecular formula is C5H11N3. The van der Waals surface area contributed by atoms with Crippen molar-refractivity contribution in [1.29, 1.82) is 5.41 Å². The van der Waals surface area contributed by atoms with Gasteiger partial charge in [-0.1, -0.05) is 13.8 Å². The van der Waals surface area contributed by atoms with Crippen molar-refractivity contribution in [3.05, 3.63) is 0 Å². The second kappa shape index (κ2) is 3.18. The van der Waals surface area contributed by atoms with Crippen molar-refractivity contribution in [1.82, 2.24) is 0 Å². The van der Waals surface area contributed by atoms with Gasteiger partial charge in [-0.05, 0) is 5.92 Å². The number of nitrogens with one attached hydrogen (secondary N) is 1. The Bertz CT molecular complexity index is 104. The molecule has 0 aromatic carbocycles. The molecule has 46 valence electrons. The highest BCUT2D eigenvalue weighted by atomic mass is 15.1. The maximum absolute atomic E-state index is 6.75. The molecule has 0 atom stereocenters. The summed E-state index contributed by atoms with van der Waals surface area (Å²) >= 11 is 0. The van der Waals surface area contributed by atoms with Gasteiger partial charge in [-0.3, -0.25) is 0 Å². The SMILES string of the molecule is CC(C)C(C=N)=NN. The molecule has 8 heavy (non-hydrogen) atoms. The first-order valence-electron chi connectivity index (χ1n) is 2.50. The summed E-state index contributed by atoms with van der Waals surface area (Å²) in [5.41, 5.74) is 0.630. The second-order valence-corrected chi connectivity index (χ2v) is 1.85. The Kier molecular flexibility index (Phi) is 2.84. The van der Waals surface area contributed by atoms with Crippen molar-refractivity contribution < 1.29 is 0 Å². The van der Waals surface area contributed by atoms with Crippen LogP contribution in [0.25, 0.3) is 0 Å². The van der Waals surface area contributed by atoms with E-state index in [9.17, 15) is 0 Å². The molecule has 0 aliphatic carbocycles. The summed E-state index contributed by atoms with van der Waals surface area (Å²) < 4.78 is 0. The van der Waals surface area contributed by atoms with Crippen LogP contribution in [0.2, 0.25) is 0 Å². The third-order valence-corrected chi connectivity index (χ3v) is 0.888. The van der Waals surface area contributed by atoms with Gasteiger partial charge >= 0.3 is 0 Å². The molecule has 0 bridgehead atoms. The number of hydrogen-bond acceptors (Lipinski definition) is 3. The molecule has 0 spiro atoms. The van der Waals surface area contributed by atoms with Crippen LogP contribution in [-0.2, 0) is 0 Å². The Morgan fingerprint density at radius 3 is 2.25 bits per heavy atom. The Morgan fingerprint density at radius 1 is 1.75 bits per heavy atom. The Hall–Kier alpha value is -0.860. The second-order valence-electron chi connectivity index (χ2n) is 1.85. The smallest absolute Gasteiger partial charge is 0.0800 e. The van der Waals surface area contributed by atoms with E-state index in [1.165, 1.54) is 6.21 Å². The van der Waals surface area contributed by atoms with E-state index in [2.05, 4.69) is 5.10 Å². The Morgan fingerprint density at radius 2 is 2.25 bits per heavy atom. The molecule has 3 N–H and O–H groups in total. The zero-order chi connectivity index (χ0) is 6.57. The summed E-state index contributed by atoms with van der Waals surface area (Å²) in [6, 6.07) is 0. The lowest BCUT2D eigenvalue weighted by Gasteiger charge is -1.98. The summed E-state index contributed by atoms with van der Waals surface area (Å²) in [4.78, 5) is 0. The van der Waals surface area contributed by atoms with Crippen LogP contribution in [-0.4, -0.2) is 11.9 Å². The van der Waals surface area contributed by atoms with E-state index < -0.39 is 0 Å². The van der Waals surface area contributed by atoms with Crippen molar-refractivity contribution in [3.63, 3.8) is 0 Å². The first-order chi connectivity index (χ1) is 3.72. The van der Waals surface area contributed by atoms with Crippen molar-refractivity contribution in [2.45, 2.75) is 13.8 Å². The van der Waals surface area contributed by atoms with Crippen LogP contribution >= 0.6 is 0 Å². The first kappa shape index (κ1) is 7.14. The number of hydrazone groups is 1. The van der Waals surface area contributed by atoms with Crippen LogP contribution in [0.1, 0.15) is 13.8 Å². The van der Waals surface area contributed by atoms with Gasteiger partial charge in [0.15, 0.2) is 0 Å². The van der Waals surface area contributed by atoms with E-state index in [-0.39, 0.29) is 5.92 Å². The molecule has 0 heterocycles. The van der Waals surface area contributed by atoms with E-state index in [1.54, 1.807) is 0 Å². The third kappa shape index (κ3) is 1.73. The maximum Gasteiger partial charge on any atom is 0.0800 e. The summed E-state index contributed by atoms with van der Waals surface area (Å²) in [5.74, 6) is 5.18. The topological polar surface area (TPSA) is 62.2 Å². The van der Waals surface area contributed by atoms with Crippen LogP contribution in [0.5, 0.6) is 0 Å². The average molecular weight is 113 g/mol. The predicted octanol–water partition coefficient (Wildman–Crippen LogP) is 0.607. The van der Waals surface area contributed by atoms with E-state index in [0.717, 1.165) is 0 Å². The summed E-state index contributed by atoms with van der Waals surface area (Å²) in [7, 11) is 0. The summed E-state index contributed by atoms with van der Waals surface area (Å²) in [5, 5.41) is 10.1. The molecule has 0 rings (SSSR count). The Balaban J connectivity index is 3.91. The van der Waals surface area contributed by atoms with Gasteiger partial charge < -0.3 is 11.3 Å². The van der Waals surface area contributed by atoms with Crippen molar-refractivity contribution in [3.8, 4) is 0 Å². The molecule has 0 aliphatic heterocycles. The molecule has 0 aliphatic rings. The lowest BCUT2D eigenvalue weighted by Crippen LogP contribution is -2.10. The summed E-state index contributed by atoms with van der Waals surface area (Å²) in [6.07, 6.45) is 1.17. The molecule has 0 aromatic heterocycles. The molecule has 0 saturated carbocycles. The number of hydrogen-bond donors (Lipinski definition) is 2. The first-order valence-corrected chi connectivity index (χ1v) is 2.50. The van der Waals surface area contributed by atoms with Gasteiger partial charge in [0, 0.05) is 6.21 Å². The minimum atomic E-state index is 0.262. The quantitative estimate of drug-likeness (QED) is 0.307. The van der Waals surface area contributed by atoms with E-state index in [0.29, 0.717) is 5.71 Å². The third-order valence-electron chi connectivity index (χ3n) is 0.888. The number of rotatable bonds is 2. The molecule has 0 unspecified atom stereocenters. The van der Waals surface area contributed by atoms with Crippen LogP contribution in [0.15, 0.2) is 5.10 Å². The van der Waals surface area contributed by atoms with Gasteiger partial charge in [-0.25, -0.2) is 0 Å². The average Bonchev–Trinajstić information content (AvgIpc) is 1.69. The normalized spacial score (nSPS) is 12.1. The van der Waals surface area contributed by atoms with Gasteiger partial charge in [0.1, 0.15) is 0 Å². The lowest BCUT2D eigenvalue weighted by molar-refractivity contribution is 0.887. The van der Waals surface area contributed by atoms with Gasteiger partial charge in [0.25, 0.3) is 0 Å². The van der Waals surface area contributed by atoms with Crippen molar-refractivity contribution in [2.24, 2.45) is 16.9 Å². The zero-order valence-corrected chi connectivity index (χ0v) is 5.18. The highest BCUT2D eigenvalue weighted by Gasteiger charge is 1.97. The van der Waals surface area contributed by atoms with Crippen LogP contribution < -0.4 is 5.84 Å². The van der Waals surface area contributed by atoms with Gasteiger partial charge in [-0.2, -0.15) is 5.10 Å². The fourth-order valence-corrected chi connectivity index (χ4v) is 0.353. The molecule has 0 radical (unpaired) electrons. The molecule has 0 saturated heterocycles. The van der Waals surface area contributed by atoms with E-state index >= 15 is 0 Å². The Labute approximate surface area is 49.1 Å². The lowest BCUT2D eigenvalue weighted by atomic mass is 10.1. The minimum absolute atomic E-state index is 0.262. The summed E-state index contributed by atoms with van der Waals surface area (Å²) in [6.45, 7) is 3.88. The highest BCUT2D eigenvalue weighted by molar-refractivity contribution is 6.30. The molecule has 3 nitrogen and oxygen atoms in total. The van der Waals surface area contributed by atoms with Crippen molar-refractivity contribution in [2.75, 3.05) is 0 Å². The molecule has 0 aromatic rings. The predicted molar refractivity (Wildman–Crippen MR) is 35.2 cm³/mol. The van der Waals surface area contributed by atoms with Crippen LogP contribution in [0, 0.1) is 11.3 Å². The van der Waals surface area contributed by atoms with Gasteiger partial charge in [0.05, 0.1) is 5.71 Å². The molecule has 0 fully saturated rings. The van der Waals surface area contributed by atoms with Gasteiger partial charge in [0.2, 0.25) is 0 Å². The number of nitrogens with zero attached hydrogens (tertiary/aromatic N) is 1. The van der Waals surface area contributed by atoms with Crippen LogP contribution in [0.3, 0.4) is 0 Å². The van der Waals surface area contributed by atoms with E-state index in [1.807, 2.05) is 13.8 Å². The minimum Gasteiger partial charge on any atom is -0.323 e. The van der Waals surface area contributed by atoms with Crippen LogP contribution in [0.4, 0.5) is 0 Å². The molecule has 0 amide bonds. The standard InChI is InChI=1S/C5H11N3/c1-4(2)5(3-6)8-7/h3-4,6H,7H2,1-2H3. The fourth-order valence-electron chi connectivity index (χ4n) is 0.353. The highest BCUT2D eigenvalue weighted by Crippen LogP contribution is 1.91. The fraction of sp³-hybridized carbons (Fsp3) is 0.600. The van der Waals surface area contributed by atoms with Crippen molar-refractivity contribution >= 4 is 11.9 Å². The number of nitrogens with two attached hydrogens (primary N) is 1.